The summed E-state index contributed by atoms with van der Waals surface area (Å²) in [6.07, 6.45) is 16.0. The summed E-state index contributed by atoms with van der Waals surface area (Å²) in [6, 6.07) is 0. The normalized spacial score (nSPS) is 11.5. The van der Waals surface area contributed by atoms with Gasteiger partial charge in [0.1, 0.15) is 19.0 Å². The van der Waals surface area contributed by atoms with Gasteiger partial charge in [-0.05, 0) is 49.6 Å². The molecule has 1 heterocycles. The highest BCUT2D eigenvalue weighted by Crippen LogP contribution is 2.13. The molecule has 0 aliphatic carbocycles. The number of H-pyrrole nitrogens is 1. The molecular formula is C33H63N7O9S. The zero-order valence-corrected chi connectivity index (χ0v) is 31.0. The van der Waals surface area contributed by atoms with Crippen molar-refractivity contribution in [2.24, 2.45) is 0 Å². The van der Waals surface area contributed by atoms with Crippen LogP contribution in [0.5, 0.6) is 0 Å². The first kappa shape index (κ1) is 45.5. The third-order valence-electron chi connectivity index (χ3n) is 7.52. The average molecular weight is 734 g/mol. The van der Waals surface area contributed by atoms with E-state index in [2.05, 4.69) is 36.0 Å². The number of nitrogens with zero attached hydrogens (tertiary/aromatic N) is 3. The zero-order valence-electron chi connectivity index (χ0n) is 30.2. The van der Waals surface area contributed by atoms with E-state index in [0.717, 1.165) is 37.9 Å². The molecule has 17 heteroatoms. The third-order valence-corrected chi connectivity index (χ3v) is 8.88. The minimum absolute atomic E-state index is 0.0386. The minimum atomic E-state index is -3.61. The lowest BCUT2D eigenvalue weighted by Crippen LogP contribution is -2.32. The Balaban J connectivity index is 1.80. The number of aromatic amines is 1. The number of carbonyl (C=O) groups is 3. The number of hydrogen-bond donors (Lipinski definition) is 4. The maximum atomic E-state index is 12.2. The molecule has 1 aromatic rings. The van der Waals surface area contributed by atoms with Gasteiger partial charge in [0.05, 0.1) is 45.4 Å². The van der Waals surface area contributed by atoms with Gasteiger partial charge in [0.15, 0.2) is 5.78 Å². The van der Waals surface area contributed by atoms with Gasteiger partial charge in [-0.3, -0.25) is 19.1 Å². The molecule has 0 aromatic carbocycles. The van der Waals surface area contributed by atoms with Gasteiger partial charge in [-0.1, -0.05) is 64.2 Å². The van der Waals surface area contributed by atoms with Gasteiger partial charge >= 0.3 is 0 Å². The molecule has 0 aliphatic rings. The van der Waals surface area contributed by atoms with Crippen LogP contribution < -0.4 is 15.4 Å². The van der Waals surface area contributed by atoms with E-state index < -0.39 is 15.9 Å². The van der Waals surface area contributed by atoms with Crippen molar-refractivity contribution in [3.05, 3.63) is 5.82 Å². The molecular weight excluding hydrogens is 670 g/mol. The lowest BCUT2D eigenvalue weighted by atomic mass is 10.0. The summed E-state index contributed by atoms with van der Waals surface area (Å²) >= 11 is 0. The van der Waals surface area contributed by atoms with E-state index in [0.29, 0.717) is 71.9 Å². The number of tetrazole rings is 1. The van der Waals surface area contributed by atoms with Crippen LogP contribution in [0.2, 0.25) is 0 Å². The second-order valence-electron chi connectivity index (χ2n) is 12.3. The molecule has 0 saturated carbocycles. The molecule has 0 fully saturated rings. The average Bonchev–Trinajstić information content (AvgIpc) is 3.60. The first-order valence-corrected chi connectivity index (χ1v) is 20.0. The quantitative estimate of drug-likeness (QED) is 0.0725. The topological polar surface area (TPSA) is 213 Å². The van der Waals surface area contributed by atoms with Crippen molar-refractivity contribution in [1.29, 1.82) is 0 Å². The lowest BCUT2D eigenvalue weighted by Gasteiger charge is -2.09. The van der Waals surface area contributed by atoms with E-state index in [-0.39, 0.29) is 43.7 Å². The largest absolute Gasteiger partial charge is 0.378 e. The summed E-state index contributed by atoms with van der Waals surface area (Å²) in [5, 5.41) is 19.7. The summed E-state index contributed by atoms with van der Waals surface area (Å²) < 4.78 is 47.7. The first-order valence-electron chi connectivity index (χ1n) is 18.3. The molecule has 0 atom stereocenters. The van der Waals surface area contributed by atoms with E-state index in [1.54, 1.807) is 0 Å². The predicted octanol–water partition coefficient (Wildman–Crippen LogP) is 2.40. The van der Waals surface area contributed by atoms with Crippen LogP contribution >= 0.6 is 0 Å². The van der Waals surface area contributed by atoms with Gasteiger partial charge in [0.2, 0.25) is 21.8 Å². The Morgan fingerprint density at radius 3 is 1.84 bits per heavy atom. The smallest absolute Gasteiger partial charge is 0.246 e. The number of aromatic nitrogens is 4. The Labute approximate surface area is 298 Å². The number of Topliss-reactive ketones (excluding diaryl/α,β-unsaturated/α-hetero) is 1. The number of rotatable bonds is 37. The SMILES string of the molecule is CC(=O)COCCOCCNC(=O)COCCOCCNCCCCS(=O)(=O)NC(=O)CCCCCCCCCCCCCCc1nnn[nH]1. The molecule has 16 nitrogen and oxygen atoms in total. The van der Waals surface area contributed by atoms with Crippen LogP contribution in [0.4, 0.5) is 0 Å². The summed E-state index contributed by atoms with van der Waals surface area (Å²) in [6.45, 7) is 5.18. The number of amides is 2. The molecule has 0 bridgehead atoms. The van der Waals surface area contributed by atoms with Gasteiger partial charge in [-0.15, -0.1) is 5.10 Å². The van der Waals surface area contributed by atoms with Crippen molar-refractivity contribution in [3.8, 4) is 0 Å². The summed E-state index contributed by atoms with van der Waals surface area (Å²) in [5.74, 6) is 0.0818. The second-order valence-corrected chi connectivity index (χ2v) is 14.1. The highest BCUT2D eigenvalue weighted by atomic mass is 32.2. The molecule has 1 rings (SSSR count). The molecule has 0 aliphatic heterocycles. The van der Waals surface area contributed by atoms with Gasteiger partial charge in [0, 0.05) is 25.9 Å². The number of ketones is 1. The highest BCUT2D eigenvalue weighted by Gasteiger charge is 2.14. The maximum Gasteiger partial charge on any atom is 0.246 e. The Kier molecular flexibility index (Phi) is 29.4. The second kappa shape index (κ2) is 32.3. The fourth-order valence-electron chi connectivity index (χ4n) is 4.85. The van der Waals surface area contributed by atoms with Crippen LogP contribution in [0.25, 0.3) is 0 Å². The third kappa shape index (κ3) is 31.4. The van der Waals surface area contributed by atoms with Gasteiger partial charge in [-0.25, -0.2) is 13.5 Å². The lowest BCUT2D eigenvalue weighted by molar-refractivity contribution is -0.126. The van der Waals surface area contributed by atoms with E-state index in [9.17, 15) is 22.8 Å². The molecule has 0 spiro atoms. The summed E-state index contributed by atoms with van der Waals surface area (Å²) in [4.78, 5) is 34.5. The van der Waals surface area contributed by atoms with E-state index in [4.69, 9.17) is 18.9 Å². The van der Waals surface area contributed by atoms with Crippen molar-refractivity contribution < 1.29 is 41.7 Å². The first-order chi connectivity index (χ1) is 24.3. The molecule has 0 radical (unpaired) electrons. The van der Waals surface area contributed by atoms with Crippen molar-refractivity contribution in [3.63, 3.8) is 0 Å². The number of ether oxygens (including phenoxy) is 4. The molecule has 50 heavy (non-hydrogen) atoms. The number of hydrogen-bond acceptors (Lipinski definition) is 13. The van der Waals surface area contributed by atoms with Crippen molar-refractivity contribution in [2.45, 2.75) is 110 Å². The Morgan fingerprint density at radius 2 is 1.22 bits per heavy atom. The van der Waals surface area contributed by atoms with Gasteiger partial charge < -0.3 is 29.6 Å². The van der Waals surface area contributed by atoms with Crippen molar-refractivity contribution in [2.75, 3.05) is 78.2 Å². The van der Waals surface area contributed by atoms with Crippen LogP contribution in [0, 0.1) is 0 Å². The van der Waals surface area contributed by atoms with Crippen LogP contribution in [0.3, 0.4) is 0 Å². The Bertz CT molecular complexity index is 1080. The van der Waals surface area contributed by atoms with E-state index >= 15 is 0 Å². The van der Waals surface area contributed by atoms with Crippen molar-refractivity contribution in [1.82, 2.24) is 36.0 Å². The number of sulfonamides is 1. The monoisotopic (exact) mass is 733 g/mol. The molecule has 4 N–H and O–H groups in total. The summed E-state index contributed by atoms with van der Waals surface area (Å²) in [7, 11) is -3.61. The number of nitrogens with one attached hydrogen (secondary N) is 4. The molecule has 290 valence electrons. The van der Waals surface area contributed by atoms with E-state index in [1.165, 1.54) is 51.9 Å². The summed E-state index contributed by atoms with van der Waals surface area (Å²) in [5.41, 5.74) is 0. The molecule has 2 amide bonds. The maximum absolute atomic E-state index is 12.2. The number of aryl methyl sites for hydroxylation is 1. The predicted molar refractivity (Wildman–Crippen MR) is 189 cm³/mol. The number of unbranched alkanes of at least 4 members (excludes halogenated alkanes) is 12. The van der Waals surface area contributed by atoms with Gasteiger partial charge in [-0.2, -0.15) is 0 Å². The Morgan fingerprint density at radius 1 is 0.640 bits per heavy atom. The molecule has 1 aromatic heterocycles. The number of carbonyl (C=O) groups excluding carboxylic acids is 3. The van der Waals surface area contributed by atoms with Crippen LogP contribution in [0.15, 0.2) is 0 Å². The van der Waals surface area contributed by atoms with Gasteiger partial charge in [0.25, 0.3) is 0 Å². The zero-order chi connectivity index (χ0) is 36.4. The fourth-order valence-corrected chi connectivity index (χ4v) is 5.99. The van der Waals surface area contributed by atoms with Crippen molar-refractivity contribution >= 4 is 27.6 Å². The Hall–Kier alpha value is -2.57. The molecule has 0 saturated heterocycles. The fraction of sp³-hybridized carbons (Fsp3) is 0.879. The molecule has 0 unspecified atom stereocenters. The van der Waals surface area contributed by atoms with Crippen LogP contribution in [-0.2, 0) is 49.8 Å². The minimum Gasteiger partial charge on any atom is -0.378 e. The van der Waals surface area contributed by atoms with Crippen LogP contribution in [-0.4, -0.2) is 125 Å². The van der Waals surface area contributed by atoms with Crippen LogP contribution in [0.1, 0.15) is 109 Å². The standard InChI is InChI=1S/C33H63N7O9S/c1-30(41)28-48-25-23-47-22-20-35-33(43)29-49-26-24-46-21-19-34-18-14-15-27-50(44,45)38-32(42)17-13-11-9-7-5-3-2-4-6-8-10-12-16-31-36-39-40-37-31/h34H,2-29H2,1H3,(H,35,43)(H,38,42)(H,36,37,39,40). The highest BCUT2D eigenvalue weighted by molar-refractivity contribution is 7.90. The van der Waals surface area contributed by atoms with E-state index in [1.807, 2.05) is 0 Å².